The van der Waals surface area contributed by atoms with Crippen LogP contribution in [0.25, 0.3) is 16.6 Å². The molecule has 174 valence electrons. The third-order valence-corrected chi connectivity index (χ3v) is 5.84. The van der Waals surface area contributed by atoms with Crippen LogP contribution in [0.2, 0.25) is 0 Å². The van der Waals surface area contributed by atoms with Crippen LogP contribution in [0.4, 0.5) is 5.69 Å². The Morgan fingerprint density at radius 2 is 1.65 bits per heavy atom. The summed E-state index contributed by atoms with van der Waals surface area (Å²) in [7, 11) is 3.03. The first-order chi connectivity index (χ1) is 16.3. The monoisotopic (exact) mass is 459 g/mol. The Morgan fingerprint density at radius 1 is 0.912 bits per heavy atom. The van der Waals surface area contributed by atoms with Crippen molar-refractivity contribution in [3.8, 4) is 17.2 Å². The van der Waals surface area contributed by atoms with Crippen molar-refractivity contribution in [1.29, 1.82) is 0 Å². The minimum absolute atomic E-state index is 0.279. The Hall–Kier alpha value is -4.33. The molecule has 0 bridgehead atoms. The number of benzene rings is 3. The Labute approximate surface area is 196 Å². The van der Waals surface area contributed by atoms with Gasteiger partial charge in [-0.3, -0.25) is 14.2 Å². The summed E-state index contributed by atoms with van der Waals surface area (Å²) in [4.78, 5) is 39.8. The Morgan fingerprint density at radius 3 is 2.38 bits per heavy atom. The van der Waals surface area contributed by atoms with Crippen molar-refractivity contribution < 1.29 is 14.3 Å². The van der Waals surface area contributed by atoms with Crippen molar-refractivity contribution in [3.05, 3.63) is 92.6 Å². The highest BCUT2D eigenvalue weighted by atomic mass is 16.5. The molecule has 0 atom stereocenters. The summed E-state index contributed by atoms with van der Waals surface area (Å²) in [6, 6.07) is 17.2. The number of fused-ring (bicyclic) bond motifs is 1. The summed E-state index contributed by atoms with van der Waals surface area (Å²) < 4.78 is 13.0. The van der Waals surface area contributed by atoms with E-state index in [-0.39, 0.29) is 6.54 Å². The molecule has 1 amide bonds. The quantitative estimate of drug-likeness (QED) is 0.477. The van der Waals surface area contributed by atoms with E-state index in [1.165, 1.54) is 18.8 Å². The van der Waals surface area contributed by atoms with Gasteiger partial charge in [-0.05, 0) is 55.3 Å². The van der Waals surface area contributed by atoms with Crippen molar-refractivity contribution in [2.24, 2.45) is 0 Å². The zero-order valence-electron chi connectivity index (χ0n) is 19.4. The summed E-state index contributed by atoms with van der Waals surface area (Å²) in [6.45, 7) is 3.50. The summed E-state index contributed by atoms with van der Waals surface area (Å²) in [6.07, 6.45) is 0. The molecule has 1 aromatic heterocycles. The van der Waals surface area contributed by atoms with Gasteiger partial charge in [0.05, 0.1) is 30.8 Å². The molecule has 0 fully saturated rings. The molecule has 3 aromatic carbocycles. The van der Waals surface area contributed by atoms with E-state index in [2.05, 4.69) is 5.32 Å². The van der Waals surface area contributed by atoms with Crippen molar-refractivity contribution in [3.63, 3.8) is 0 Å². The molecule has 0 aliphatic heterocycles. The minimum atomic E-state index is -0.583. The lowest BCUT2D eigenvalue weighted by Crippen LogP contribution is -2.41. The van der Waals surface area contributed by atoms with Gasteiger partial charge in [-0.2, -0.15) is 0 Å². The van der Waals surface area contributed by atoms with Crippen LogP contribution in [0.15, 0.2) is 70.3 Å². The number of aryl methyl sites for hydroxylation is 1. The fourth-order valence-corrected chi connectivity index (χ4v) is 3.92. The molecule has 8 nitrogen and oxygen atoms in total. The van der Waals surface area contributed by atoms with Crippen molar-refractivity contribution in [2.75, 3.05) is 19.5 Å². The lowest BCUT2D eigenvalue weighted by Gasteiger charge is -2.16. The van der Waals surface area contributed by atoms with Crippen LogP contribution in [0.3, 0.4) is 0 Å². The number of aromatic nitrogens is 2. The number of anilines is 1. The van der Waals surface area contributed by atoms with Gasteiger partial charge in [-0.1, -0.05) is 24.3 Å². The van der Waals surface area contributed by atoms with Crippen LogP contribution in [0, 0.1) is 13.8 Å². The summed E-state index contributed by atoms with van der Waals surface area (Å²) in [5.74, 6) is 0.570. The molecule has 0 unspecified atom stereocenters. The highest BCUT2D eigenvalue weighted by molar-refractivity contribution is 5.92. The first-order valence-electron chi connectivity index (χ1n) is 10.7. The normalized spacial score (nSPS) is 10.8. The zero-order valence-corrected chi connectivity index (χ0v) is 19.4. The van der Waals surface area contributed by atoms with Gasteiger partial charge >= 0.3 is 5.69 Å². The van der Waals surface area contributed by atoms with Crippen LogP contribution < -0.4 is 26.0 Å². The molecule has 0 aliphatic carbocycles. The number of hydrogen-bond acceptors (Lipinski definition) is 5. The van der Waals surface area contributed by atoms with Crippen LogP contribution >= 0.6 is 0 Å². The number of nitrogens with zero attached hydrogens (tertiary/aromatic N) is 2. The molecule has 0 spiro atoms. The maximum absolute atomic E-state index is 13.5. The molecule has 0 saturated heterocycles. The van der Waals surface area contributed by atoms with Gasteiger partial charge < -0.3 is 14.8 Å². The lowest BCUT2D eigenvalue weighted by molar-refractivity contribution is -0.116. The molecule has 34 heavy (non-hydrogen) atoms. The van der Waals surface area contributed by atoms with E-state index in [1.807, 2.05) is 19.9 Å². The second kappa shape index (κ2) is 9.27. The Kier molecular flexibility index (Phi) is 6.23. The van der Waals surface area contributed by atoms with E-state index in [9.17, 15) is 14.4 Å². The zero-order chi connectivity index (χ0) is 24.4. The molecule has 4 rings (SSSR count). The van der Waals surface area contributed by atoms with Gasteiger partial charge in [0.15, 0.2) is 11.5 Å². The number of amides is 1. The van der Waals surface area contributed by atoms with Gasteiger partial charge in [0.2, 0.25) is 5.91 Å². The third-order valence-electron chi connectivity index (χ3n) is 5.84. The standard InChI is InChI=1S/C26H25N3O5/c1-16-8-7-11-20(17(16)2)29-25(31)19-9-5-6-10-21(19)28(26(29)32)15-24(30)27-18-12-13-22(33-3)23(14-18)34-4/h5-14H,15H2,1-4H3,(H,27,30). The average Bonchev–Trinajstić information content (AvgIpc) is 2.84. The molecule has 1 heterocycles. The number of ether oxygens (including phenoxy) is 2. The first-order valence-corrected chi connectivity index (χ1v) is 10.7. The largest absolute Gasteiger partial charge is 0.493 e. The molecule has 8 heteroatoms. The van der Waals surface area contributed by atoms with E-state index < -0.39 is 17.2 Å². The molecule has 0 saturated carbocycles. The highest BCUT2D eigenvalue weighted by Gasteiger charge is 2.18. The third kappa shape index (κ3) is 4.05. The van der Waals surface area contributed by atoms with Crippen molar-refractivity contribution in [2.45, 2.75) is 20.4 Å². The van der Waals surface area contributed by atoms with Crippen molar-refractivity contribution in [1.82, 2.24) is 9.13 Å². The van der Waals surface area contributed by atoms with Crippen LogP contribution in [-0.2, 0) is 11.3 Å². The van der Waals surface area contributed by atoms with E-state index in [0.717, 1.165) is 15.7 Å². The molecule has 1 N–H and O–H groups in total. The van der Waals surface area contributed by atoms with Gasteiger partial charge in [-0.15, -0.1) is 0 Å². The maximum Gasteiger partial charge on any atom is 0.336 e. The first kappa shape index (κ1) is 22.8. The average molecular weight is 460 g/mol. The Balaban J connectivity index is 1.80. The molecule has 0 radical (unpaired) electrons. The lowest BCUT2D eigenvalue weighted by atomic mass is 10.1. The van der Waals surface area contributed by atoms with Crippen LogP contribution in [-0.4, -0.2) is 29.3 Å². The van der Waals surface area contributed by atoms with Gasteiger partial charge in [-0.25, -0.2) is 9.36 Å². The van der Waals surface area contributed by atoms with Crippen molar-refractivity contribution >= 4 is 22.5 Å². The summed E-state index contributed by atoms with van der Waals surface area (Å²) in [5.41, 5.74) is 2.14. The fourth-order valence-electron chi connectivity index (χ4n) is 3.92. The second-order valence-corrected chi connectivity index (χ2v) is 7.86. The van der Waals surface area contributed by atoms with Gasteiger partial charge in [0, 0.05) is 11.8 Å². The van der Waals surface area contributed by atoms with E-state index in [0.29, 0.717) is 33.8 Å². The topological polar surface area (TPSA) is 91.6 Å². The minimum Gasteiger partial charge on any atom is -0.493 e. The summed E-state index contributed by atoms with van der Waals surface area (Å²) >= 11 is 0. The van der Waals surface area contributed by atoms with E-state index >= 15 is 0 Å². The van der Waals surface area contributed by atoms with E-state index in [1.54, 1.807) is 54.6 Å². The van der Waals surface area contributed by atoms with Gasteiger partial charge in [0.25, 0.3) is 5.56 Å². The number of rotatable bonds is 6. The number of methoxy groups -OCH3 is 2. The number of carbonyl (C=O) groups is 1. The number of carbonyl (C=O) groups excluding carboxylic acids is 1. The molecule has 0 aliphatic rings. The predicted octanol–water partition coefficient (Wildman–Crippen LogP) is 3.43. The second-order valence-electron chi connectivity index (χ2n) is 7.86. The highest BCUT2D eigenvalue weighted by Crippen LogP contribution is 2.29. The molecular weight excluding hydrogens is 434 g/mol. The summed E-state index contributed by atoms with van der Waals surface area (Å²) in [5, 5.41) is 3.13. The Bertz CT molecular complexity index is 1520. The van der Waals surface area contributed by atoms with Crippen LogP contribution in [0.5, 0.6) is 11.5 Å². The molecular formula is C26H25N3O5. The molecule has 4 aromatic rings. The smallest absolute Gasteiger partial charge is 0.336 e. The number of para-hydroxylation sites is 1. The fraction of sp³-hybridized carbons (Fsp3) is 0.192. The van der Waals surface area contributed by atoms with Crippen LogP contribution in [0.1, 0.15) is 11.1 Å². The maximum atomic E-state index is 13.5. The van der Waals surface area contributed by atoms with Gasteiger partial charge in [0.1, 0.15) is 6.54 Å². The van der Waals surface area contributed by atoms with E-state index in [4.69, 9.17) is 9.47 Å². The predicted molar refractivity (Wildman–Crippen MR) is 131 cm³/mol. The SMILES string of the molecule is COc1ccc(NC(=O)Cn2c(=O)n(-c3cccc(C)c3C)c(=O)c3ccccc32)cc1OC. The number of hydrogen-bond donors (Lipinski definition) is 1. The number of nitrogens with one attached hydrogen (secondary N) is 1.